The lowest BCUT2D eigenvalue weighted by Gasteiger charge is -2.28. The maximum atomic E-state index is 13.2. The Labute approximate surface area is 192 Å². The van der Waals surface area contributed by atoms with Crippen molar-refractivity contribution in [2.24, 2.45) is 0 Å². The van der Waals surface area contributed by atoms with Crippen molar-refractivity contribution in [2.75, 3.05) is 18.5 Å². The van der Waals surface area contributed by atoms with Crippen LogP contribution in [0.5, 0.6) is 0 Å². The number of nitrogens with one attached hydrogen (secondary N) is 1. The summed E-state index contributed by atoms with van der Waals surface area (Å²) < 4.78 is 7.02. The van der Waals surface area contributed by atoms with E-state index in [0.717, 1.165) is 16.9 Å². The molecular weight excluding hydrogens is 420 g/mol. The van der Waals surface area contributed by atoms with Crippen molar-refractivity contribution in [1.29, 1.82) is 0 Å². The van der Waals surface area contributed by atoms with E-state index >= 15 is 0 Å². The van der Waals surface area contributed by atoms with Gasteiger partial charge in [0.1, 0.15) is 0 Å². The summed E-state index contributed by atoms with van der Waals surface area (Å²) in [6.45, 7) is 6.15. The van der Waals surface area contributed by atoms with Crippen molar-refractivity contribution < 1.29 is 19.1 Å². The normalized spacial score (nSPS) is 12.8. The fourth-order valence-corrected chi connectivity index (χ4v) is 3.97. The number of aryl methyl sites for hydroxylation is 1. The average Bonchev–Trinajstić information content (AvgIpc) is 3.18. The maximum absolute atomic E-state index is 13.2. The van der Waals surface area contributed by atoms with E-state index in [9.17, 15) is 14.4 Å². The molecule has 3 aromatic rings. The Balaban J connectivity index is 1.67. The number of hydrogen-bond acceptors (Lipinski definition) is 5. The minimum atomic E-state index is -0.499. The van der Waals surface area contributed by atoms with Gasteiger partial charge in [-0.2, -0.15) is 5.10 Å². The molecule has 1 aliphatic rings. The van der Waals surface area contributed by atoms with E-state index < -0.39 is 5.97 Å². The van der Waals surface area contributed by atoms with E-state index in [4.69, 9.17) is 4.74 Å². The van der Waals surface area contributed by atoms with Gasteiger partial charge in [0.15, 0.2) is 5.69 Å². The van der Waals surface area contributed by atoms with Crippen LogP contribution in [-0.4, -0.2) is 45.6 Å². The quantitative estimate of drug-likeness (QED) is 0.606. The van der Waals surface area contributed by atoms with Crippen LogP contribution in [0.15, 0.2) is 48.5 Å². The number of esters is 1. The van der Waals surface area contributed by atoms with Crippen LogP contribution in [0.2, 0.25) is 0 Å². The van der Waals surface area contributed by atoms with Crippen LogP contribution in [0.3, 0.4) is 0 Å². The molecule has 1 N–H and O–H groups in total. The molecule has 8 heteroatoms. The van der Waals surface area contributed by atoms with E-state index in [-0.39, 0.29) is 30.7 Å². The minimum Gasteiger partial charge on any atom is -0.461 e. The SMILES string of the molecule is CCOC(=O)c1nn(-c2ccc(C)cc2)c2c1CN(C(=O)c1cccc(NC(C)=O)c1)CC2. The van der Waals surface area contributed by atoms with Gasteiger partial charge in [0.2, 0.25) is 5.91 Å². The van der Waals surface area contributed by atoms with Crippen LogP contribution in [0.4, 0.5) is 5.69 Å². The highest BCUT2D eigenvalue weighted by Gasteiger charge is 2.31. The van der Waals surface area contributed by atoms with Crippen molar-refractivity contribution in [3.8, 4) is 5.69 Å². The predicted octanol–water partition coefficient (Wildman–Crippen LogP) is 3.51. The molecular formula is C25H26N4O4. The summed E-state index contributed by atoms with van der Waals surface area (Å²) in [7, 11) is 0. The van der Waals surface area contributed by atoms with Crippen molar-refractivity contribution in [3.05, 3.63) is 76.6 Å². The molecule has 0 atom stereocenters. The Hall–Kier alpha value is -3.94. The van der Waals surface area contributed by atoms with Gasteiger partial charge in [0, 0.05) is 36.7 Å². The van der Waals surface area contributed by atoms with Crippen LogP contribution >= 0.6 is 0 Å². The Morgan fingerprint density at radius 2 is 1.88 bits per heavy atom. The van der Waals surface area contributed by atoms with Gasteiger partial charge in [0.05, 0.1) is 24.5 Å². The van der Waals surface area contributed by atoms with Gasteiger partial charge in [-0.1, -0.05) is 23.8 Å². The lowest BCUT2D eigenvalue weighted by Crippen LogP contribution is -2.36. The molecule has 2 amide bonds. The van der Waals surface area contributed by atoms with E-state index in [0.29, 0.717) is 29.8 Å². The molecule has 2 heterocycles. The average molecular weight is 447 g/mol. The number of nitrogens with zero attached hydrogens (tertiary/aromatic N) is 3. The lowest BCUT2D eigenvalue weighted by atomic mass is 10.0. The van der Waals surface area contributed by atoms with E-state index in [1.807, 2.05) is 31.2 Å². The second-order valence-electron chi connectivity index (χ2n) is 7.98. The van der Waals surface area contributed by atoms with Crippen LogP contribution < -0.4 is 5.32 Å². The third kappa shape index (κ3) is 4.64. The molecule has 0 radical (unpaired) electrons. The van der Waals surface area contributed by atoms with Crippen LogP contribution in [-0.2, 0) is 22.5 Å². The van der Waals surface area contributed by atoms with Crippen molar-refractivity contribution >= 4 is 23.5 Å². The number of hydrogen-bond donors (Lipinski definition) is 1. The number of rotatable bonds is 5. The number of fused-ring (bicyclic) bond motifs is 1. The van der Waals surface area contributed by atoms with Crippen molar-refractivity contribution in [2.45, 2.75) is 33.7 Å². The first-order chi connectivity index (χ1) is 15.9. The van der Waals surface area contributed by atoms with Gasteiger partial charge in [-0.15, -0.1) is 0 Å². The van der Waals surface area contributed by atoms with Crippen LogP contribution in [0.1, 0.15) is 51.5 Å². The molecule has 0 saturated heterocycles. The van der Waals surface area contributed by atoms with Crippen molar-refractivity contribution in [3.63, 3.8) is 0 Å². The zero-order chi connectivity index (χ0) is 23.5. The topological polar surface area (TPSA) is 93.5 Å². The first-order valence-electron chi connectivity index (χ1n) is 10.9. The number of amides is 2. The summed E-state index contributed by atoms with van der Waals surface area (Å²) in [4.78, 5) is 39.0. The van der Waals surface area contributed by atoms with Gasteiger partial charge < -0.3 is 15.0 Å². The standard InChI is InChI=1S/C25H26N4O4/c1-4-33-25(32)23-21-15-28(24(31)18-6-5-7-19(14-18)26-17(3)30)13-12-22(21)29(27-23)20-10-8-16(2)9-11-20/h5-11,14H,4,12-13,15H2,1-3H3,(H,26,30). The third-order valence-electron chi connectivity index (χ3n) is 5.52. The highest BCUT2D eigenvalue weighted by Crippen LogP contribution is 2.27. The van der Waals surface area contributed by atoms with Gasteiger partial charge in [-0.05, 0) is 44.2 Å². The molecule has 0 unspecified atom stereocenters. The summed E-state index contributed by atoms with van der Waals surface area (Å²) >= 11 is 0. The number of aromatic nitrogens is 2. The first kappa shape index (κ1) is 22.3. The second-order valence-corrected chi connectivity index (χ2v) is 7.98. The number of carbonyl (C=O) groups excluding carboxylic acids is 3. The predicted molar refractivity (Wildman–Crippen MR) is 123 cm³/mol. The summed E-state index contributed by atoms with van der Waals surface area (Å²) in [6.07, 6.45) is 0.548. The fraction of sp³-hybridized carbons (Fsp3) is 0.280. The molecule has 2 aromatic carbocycles. The third-order valence-corrected chi connectivity index (χ3v) is 5.52. The van der Waals surface area contributed by atoms with Crippen LogP contribution in [0.25, 0.3) is 5.69 Å². The monoisotopic (exact) mass is 446 g/mol. The Morgan fingerprint density at radius 1 is 1.12 bits per heavy atom. The van der Waals surface area contributed by atoms with E-state index in [1.54, 1.807) is 40.8 Å². The van der Waals surface area contributed by atoms with E-state index in [1.165, 1.54) is 6.92 Å². The molecule has 0 fully saturated rings. The summed E-state index contributed by atoms with van der Waals surface area (Å²) in [6, 6.07) is 14.7. The molecule has 33 heavy (non-hydrogen) atoms. The smallest absolute Gasteiger partial charge is 0.359 e. The molecule has 0 saturated carbocycles. The minimum absolute atomic E-state index is 0.175. The molecule has 1 aromatic heterocycles. The van der Waals surface area contributed by atoms with Gasteiger partial charge in [0.25, 0.3) is 5.91 Å². The summed E-state index contributed by atoms with van der Waals surface area (Å²) in [5.41, 5.74) is 4.85. The first-order valence-corrected chi connectivity index (χ1v) is 10.9. The van der Waals surface area contributed by atoms with Gasteiger partial charge in [-0.25, -0.2) is 9.48 Å². The molecule has 0 bridgehead atoms. The maximum Gasteiger partial charge on any atom is 0.359 e. The van der Waals surface area contributed by atoms with Crippen molar-refractivity contribution in [1.82, 2.24) is 14.7 Å². The zero-order valence-corrected chi connectivity index (χ0v) is 18.9. The molecule has 0 aliphatic carbocycles. The Kier molecular flexibility index (Phi) is 6.26. The largest absolute Gasteiger partial charge is 0.461 e. The number of ether oxygens (including phenoxy) is 1. The summed E-state index contributed by atoms with van der Waals surface area (Å²) in [5.74, 6) is -0.878. The fourth-order valence-electron chi connectivity index (χ4n) is 3.97. The zero-order valence-electron chi connectivity index (χ0n) is 18.9. The molecule has 170 valence electrons. The molecule has 4 rings (SSSR count). The van der Waals surface area contributed by atoms with Gasteiger partial charge in [-0.3, -0.25) is 9.59 Å². The number of carbonyl (C=O) groups is 3. The number of anilines is 1. The molecule has 8 nitrogen and oxygen atoms in total. The Morgan fingerprint density at radius 3 is 2.58 bits per heavy atom. The summed E-state index contributed by atoms with van der Waals surface area (Å²) in [5, 5.41) is 7.28. The highest BCUT2D eigenvalue weighted by molar-refractivity contribution is 5.97. The van der Waals surface area contributed by atoms with Crippen LogP contribution in [0, 0.1) is 6.92 Å². The second kappa shape index (κ2) is 9.28. The number of benzene rings is 2. The van der Waals surface area contributed by atoms with Gasteiger partial charge >= 0.3 is 5.97 Å². The Bertz CT molecular complexity index is 1210. The van der Waals surface area contributed by atoms with E-state index in [2.05, 4.69) is 10.4 Å². The molecule has 0 spiro atoms. The lowest BCUT2D eigenvalue weighted by molar-refractivity contribution is -0.114. The molecule has 1 aliphatic heterocycles. The highest BCUT2D eigenvalue weighted by atomic mass is 16.5.